The van der Waals surface area contributed by atoms with E-state index in [1.807, 2.05) is 126 Å². The van der Waals surface area contributed by atoms with E-state index in [1.165, 1.54) is 12.1 Å². The van der Waals surface area contributed by atoms with Crippen LogP contribution in [0, 0.1) is 28.5 Å². The minimum absolute atomic E-state index is 0.174. The van der Waals surface area contributed by atoms with Crippen molar-refractivity contribution < 1.29 is 4.39 Å². The summed E-state index contributed by atoms with van der Waals surface area (Å²) in [5, 5.41) is 19.1. The van der Waals surface area contributed by atoms with Crippen molar-refractivity contribution in [2.45, 2.75) is 0 Å². The van der Waals surface area contributed by atoms with Crippen LogP contribution < -0.4 is 4.90 Å². The SMILES string of the molecule is N#Cc1cc(N(c2cccc(-c3ccccc3)c2)c2cccc(-c3ccccc3)c2)cc(C#N)c1F. The second-order valence-corrected chi connectivity index (χ2v) is 8.25. The van der Waals surface area contributed by atoms with Crippen molar-refractivity contribution >= 4 is 17.1 Å². The van der Waals surface area contributed by atoms with Gasteiger partial charge in [0.2, 0.25) is 0 Å². The van der Waals surface area contributed by atoms with E-state index in [1.54, 1.807) is 0 Å². The smallest absolute Gasteiger partial charge is 0.158 e. The molecule has 0 aliphatic carbocycles. The minimum Gasteiger partial charge on any atom is -0.310 e. The first-order valence-corrected chi connectivity index (χ1v) is 11.4. The van der Waals surface area contributed by atoms with E-state index in [-0.39, 0.29) is 11.1 Å². The second-order valence-electron chi connectivity index (χ2n) is 8.25. The molecule has 0 heterocycles. The third kappa shape index (κ3) is 4.44. The van der Waals surface area contributed by atoms with Gasteiger partial charge in [-0.3, -0.25) is 0 Å². The zero-order valence-electron chi connectivity index (χ0n) is 19.3. The number of anilines is 3. The Labute approximate surface area is 209 Å². The summed E-state index contributed by atoms with van der Waals surface area (Å²) in [5.41, 5.74) is 5.97. The van der Waals surface area contributed by atoms with E-state index in [4.69, 9.17) is 0 Å². The van der Waals surface area contributed by atoms with Gasteiger partial charge in [-0.2, -0.15) is 10.5 Å². The van der Waals surface area contributed by atoms with Crippen LogP contribution in [0.5, 0.6) is 0 Å². The van der Waals surface area contributed by atoms with Gasteiger partial charge in [0.05, 0.1) is 11.1 Å². The maximum Gasteiger partial charge on any atom is 0.158 e. The van der Waals surface area contributed by atoms with Crippen LogP contribution in [0.15, 0.2) is 121 Å². The maximum atomic E-state index is 14.6. The molecule has 0 aliphatic rings. The lowest BCUT2D eigenvalue weighted by Gasteiger charge is -2.27. The van der Waals surface area contributed by atoms with E-state index < -0.39 is 5.82 Å². The van der Waals surface area contributed by atoms with E-state index in [9.17, 15) is 14.9 Å². The molecule has 0 bridgehead atoms. The molecular formula is C32H20FN3. The zero-order valence-corrected chi connectivity index (χ0v) is 19.3. The van der Waals surface area contributed by atoms with Crippen molar-refractivity contribution in [1.29, 1.82) is 10.5 Å². The summed E-state index contributed by atoms with van der Waals surface area (Å²) >= 11 is 0. The summed E-state index contributed by atoms with van der Waals surface area (Å²) in [7, 11) is 0. The molecule has 0 aromatic heterocycles. The van der Waals surface area contributed by atoms with E-state index in [0.29, 0.717) is 5.69 Å². The Morgan fingerprint density at radius 2 is 0.889 bits per heavy atom. The Bertz CT molecular complexity index is 1500. The van der Waals surface area contributed by atoms with Crippen molar-refractivity contribution in [1.82, 2.24) is 0 Å². The lowest BCUT2D eigenvalue weighted by Crippen LogP contribution is -2.11. The predicted octanol–water partition coefficient (Wildman–Crippen LogP) is 8.37. The molecule has 4 heteroatoms. The molecule has 0 spiro atoms. The lowest BCUT2D eigenvalue weighted by atomic mass is 10.0. The van der Waals surface area contributed by atoms with Crippen molar-refractivity contribution in [3.05, 3.63) is 138 Å². The van der Waals surface area contributed by atoms with Gasteiger partial charge in [-0.15, -0.1) is 0 Å². The Morgan fingerprint density at radius 3 is 1.31 bits per heavy atom. The first-order valence-electron chi connectivity index (χ1n) is 11.4. The molecule has 3 nitrogen and oxygen atoms in total. The van der Waals surface area contributed by atoms with Gasteiger partial charge in [-0.25, -0.2) is 4.39 Å². The van der Waals surface area contributed by atoms with Crippen LogP contribution in [0.4, 0.5) is 21.5 Å². The molecule has 0 atom stereocenters. The molecule has 0 aliphatic heterocycles. The molecule has 0 fully saturated rings. The monoisotopic (exact) mass is 465 g/mol. The highest BCUT2D eigenvalue weighted by molar-refractivity contribution is 5.83. The first kappa shape index (κ1) is 22.6. The molecule has 0 saturated heterocycles. The summed E-state index contributed by atoms with van der Waals surface area (Å²) < 4.78 is 14.6. The number of nitriles is 2. The second kappa shape index (κ2) is 9.97. The Morgan fingerprint density at radius 1 is 0.472 bits per heavy atom. The Balaban J connectivity index is 1.73. The quantitative estimate of drug-likeness (QED) is 0.262. The maximum absolute atomic E-state index is 14.6. The van der Waals surface area contributed by atoms with Crippen molar-refractivity contribution in [3.63, 3.8) is 0 Å². The van der Waals surface area contributed by atoms with Crippen LogP contribution in [-0.2, 0) is 0 Å². The number of benzene rings is 5. The van der Waals surface area contributed by atoms with Crippen LogP contribution >= 0.6 is 0 Å². The summed E-state index contributed by atoms with van der Waals surface area (Å²) in [4.78, 5) is 1.94. The highest BCUT2D eigenvalue weighted by Crippen LogP contribution is 2.39. The summed E-state index contributed by atoms with van der Waals surface area (Å²) in [5.74, 6) is -0.806. The third-order valence-electron chi connectivity index (χ3n) is 5.98. The number of hydrogen-bond acceptors (Lipinski definition) is 3. The topological polar surface area (TPSA) is 50.8 Å². The first-order chi connectivity index (χ1) is 17.7. The number of halogens is 1. The van der Waals surface area contributed by atoms with Crippen LogP contribution in [-0.4, -0.2) is 0 Å². The van der Waals surface area contributed by atoms with Gasteiger partial charge in [-0.05, 0) is 58.7 Å². The van der Waals surface area contributed by atoms with Crippen LogP contribution in [0.2, 0.25) is 0 Å². The molecule has 5 rings (SSSR count). The third-order valence-corrected chi connectivity index (χ3v) is 5.98. The minimum atomic E-state index is -0.806. The van der Waals surface area contributed by atoms with Gasteiger partial charge < -0.3 is 4.90 Å². The molecule has 5 aromatic carbocycles. The fourth-order valence-electron chi connectivity index (χ4n) is 4.26. The van der Waals surface area contributed by atoms with Gasteiger partial charge >= 0.3 is 0 Å². The van der Waals surface area contributed by atoms with Gasteiger partial charge in [0.1, 0.15) is 12.1 Å². The lowest BCUT2D eigenvalue weighted by molar-refractivity contribution is 0.620. The largest absolute Gasteiger partial charge is 0.310 e. The molecule has 0 N–H and O–H groups in total. The molecule has 0 radical (unpaired) electrons. The summed E-state index contributed by atoms with van der Waals surface area (Å²) in [6.45, 7) is 0. The molecule has 0 saturated carbocycles. The van der Waals surface area contributed by atoms with Crippen molar-refractivity contribution in [2.75, 3.05) is 4.90 Å². The van der Waals surface area contributed by atoms with E-state index in [0.717, 1.165) is 33.6 Å². The highest BCUT2D eigenvalue weighted by Gasteiger charge is 2.19. The molecule has 0 unspecified atom stereocenters. The van der Waals surface area contributed by atoms with E-state index in [2.05, 4.69) is 0 Å². The molecular weight excluding hydrogens is 445 g/mol. The standard InChI is InChI=1S/C32H20FN3/c33-32-27(21-34)19-31(20-28(32)22-35)36(29-15-7-13-25(17-29)23-9-3-1-4-10-23)30-16-8-14-26(18-30)24-11-5-2-6-12-24/h1-20H. The van der Waals surface area contributed by atoms with Crippen molar-refractivity contribution in [2.24, 2.45) is 0 Å². The van der Waals surface area contributed by atoms with Crippen LogP contribution in [0.3, 0.4) is 0 Å². The van der Waals surface area contributed by atoms with Crippen molar-refractivity contribution in [3.8, 4) is 34.4 Å². The van der Waals surface area contributed by atoms with Gasteiger partial charge in [0.25, 0.3) is 0 Å². The normalized spacial score (nSPS) is 10.3. The molecule has 36 heavy (non-hydrogen) atoms. The van der Waals surface area contributed by atoms with Gasteiger partial charge in [-0.1, -0.05) is 84.9 Å². The fraction of sp³-hybridized carbons (Fsp3) is 0. The molecule has 5 aromatic rings. The van der Waals surface area contributed by atoms with E-state index >= 15 is 0 Å². The molecule has 170 valence electrons. The fourth-order valence-corrected chi connectivity index (χ4v) is 4.26. The van der Waals surface area contributed by atoms with Gasteiger partial charge in [0.15, 0.2) is 5.82 Å². The average Bonchev–Trinajstić information content (AvgIpc) is 2.95. The van der Waals surface area contributed by atoms with Gasteiger partial charge in [0, 0.05) is 17.1 Å². The zero-order chi connectivity index (χ0) is 24.9. The number of hydrogen-bond donors (Lipinski definition) is 0. The summed E-state index contributed by atoms with van der Waals surface area (Å²) in [6.07, 6.45) is 0. The Kier molecular flexibility index (Phi) is 6.26. The highest BCUT2D eigenvalue weighted by atomic mass is 19.1. The Hall–Kier alpha value is -5.19. The molecule has 0 amide bonds. The summed E-state index contributed by atoms with van der Waals surface area (Å²) in [6, 6.07) is 42.8. The predicted molar refractivity (Wildman–Crippen MR) is 141 cm³/mol. The number of rotatable bonds is 5. The van der Waals surface area contributed by atoms with Crippen LogP contribution in [0.1, 0.15) is 11.1 Å². The van der Waals surface area contributed by atoms with Crippen LogP contribution in [0.25, 0.3) is 22.3 Å². The average molecular weight is 466 g/mol. The number of nitrogens with zero attached hydrogens (tertiary/aromatic N) is 3.